The summed E-state index contributed by atoms with van der Waals surface area (Å²) in [5, 5.41) is 0. The van der Waals surface area contributed by atoms with Gasteiger partial charge in [-0.05, 0) is 38.8 Å². The zero-order chi connectivity index (χ0) is 9.23. The lowest BCUT2D eigenvalue weighted by atomic mass is 10.0. The van der Waals surface area contributed by atoms with E-state index < -0.39 is 0 Å². The zero-order valence-corrected chi connectivity index (χ0v) is 7.97. The fourth-order valence-electron chi connectivity index (χ4n) is 1.25. The first kappa shape index (κ1) is 11.9. The molecule has 0 fully saturated rings. The molecular weight excluding hydrogens is 150 g/mol. The van der Waals surface area contributed by atoms with Crippen molar-refractivity contribution in [2.75, 3.05) is 13.1 Å². The van der Waals surface area contributed by atoms with E-state index in [-0.39, 0.29) is 0 Å². The van der Waals surface area contributed by atoms with Gasteiger partial charge >= 0.3 is 0 Å². The lowest BCUT2D eigenvalue weighted by Gasteiger charge is -2.09. The second-order valence-corrected chi connectivity index (χ2v) is 3.33. The van der Waals surface area contributed by atoms with Gasteiger partial charge in [-0.3, -0.25) is 0 Å². The summed E-state index contributed by atoms with van der Waals surface area (Å²) in [5.74, 6) is 0. The van der Waals surface area contributed by atoms with Crippen LogP contribution in [0.3, 0.4) is 0 Å². The molecule has 0 bridgehead atoms. The van der Waals surface area contributed by atoms with Crippen molar-refractivity contribution < 1.29 is 0 Å². The summed E-state index contributed by atoms with van der Waals surface area (Å²) in [5.41, 5.74) is 16.6. The van der Waals surface area contributed by atoms with Crippen LogP contribution < -0.4 is 17.2 Å². The largest absolute Gasteiger partial charge is 0.330 e. The van der Waals surface area contributed by atoms with E-state index in [1.807, 2.05) is 0 Å². The first-order valence-corrected chi connectivity index (χ1v) is 4.97. The Morgan fingerprint density at radius 1 is 0.750 bits per heavy atom. The Labute approximate surface area is 75.7 Å². The van der Waals surface area contributed by atoms with E-state index in [1.54, 1.807) is 0 Å². The smallest absolute Gasteiger partial charge is 0.00388 e. The molecule has 3 heteroatoms. The van der Waals surface area contributed by atoms with Gasteiger partial charge in [-0.1, -0.05) is 12.8 Å². The third kappa shape index (κ3) is 7.98. The van der Waals surface area contributed by atoms with Crippen molar-refractivity contribution in [3.63, 3.8) is 0 Å². The van der Waals surface area contributed by atoms with Crippen LogP contribution >= 0.6 is 0 Å². The molecule has 0 heterocycles. The molecule has 3 nitrogen and oxygen atoms in total. The number of hydrogen-bond acceptors (Lipinski definition) is 3. The molecule has 0 unspecified atom stereocenters. The second-order valence-electron chi connectivity index (χ2n) is 3.33. The Bertz CT molecular complexity index is 75.8. The molecule has 6 N–H and O–H groups in total. The molecule has 0 aromatic heterocycles. The van der Waals surface area contributed by atoms with Gasteiger partial charge in [-0.25, -0.2) is 0 Å². The molecule has 12 heavy (non-hydrogen) atoms. The molecule has 0 aromatic rings. The molecule has 0 aromatic carbocycles. The number of rotatable bonds is 8. The van der Waals surface area contributed by atoms with Crippen LogP contribution in [0, 0.1) is 0 Å². The normalized spacial score (nSPS) is 11.0. The summed E-state index contributed by atoms with van der Waals surface area (Å²) in [6.45, 7) is 1.57. The highest BCUT2D eigenvalue weighted by atomic mass is 14.6. The van der Waals surface area contributed by atoms with Gasteiger partial charge in [0.2, 0.25) is 0 Å². The Morgan fingerprint density at radius 2 is 1.17 bits per heavy atom. The highest BCUT2D eigenvalue weighted by Gasteiger charge is 2.00. The van der Waals surface area contributed by atoms with E-state index in [9.17, 15) is 0 Å². The predicted molar refractivity (Wildman–Crippen MR) is 53.8 cm³/mol. The predicted octanol–water partition coefficient (Wildman–Crippen LogP) is 0.572. The highest BCUT2D eigenvalue weighted by molar-refractivity contribution is 4.61. The van der Waals surface area contributed by atoms with Crippen LogP contribution in [0.4, 0.5) is 0 Å². The minimum atomic E-state index is 0.364. The van der Waals surface area contributed by atoms with E-state index in [0.29, 0.717) is 6.04 Å². The van der Waals surface area contributed by atoms with Crippen LogP contribution in [-0.2, 0) is 0 Å². The number of unbranched alkanes of at least 4 members (excludes halogenated alkanes) is 2. The summed E-state index contributed by atoms with van der Waals surface area (Å²) >= 11 is 0. The van der Waals surface area contributed by atoms with E-state index in [0.717, 1.165) is 38.8 Å². The van der Waals surface area contributed by atoms with Crippen molar-refractivity contribution in [1.82, 2.24) is 0 Å². The lowest BCUT2D eigenvalue weighted by Crippen LogP contribution is -2.20. The zero-order valence-electron chi connectivity index (χ0n) is 7.97. The fraction of sp³-hybridized carbons (Fsp3) is 1.00. The van der Waals surface area contributed by atoms with Crippen LogP contribution in [0.2, 0.25) is 0 Å². The molecule has 0 radical (unpaired) electrons. The van der Waals surface area contributed by atoms with E-state index in [4.69, 9.17) is 17.2 Å². The molecule has 0 saturated carbocycles. The second kappa shape index (κ2) is 8.97. The van der Waals surface area contributed by atoms with Crippen LogP contribution in [0.15, 0.2) is 0 Å². The van der Waals surface area contributed by atoms with Crippen LogP contribution in [0.1, 0.15) is 38.5 Å². The third-order valence-electron chi connectivity index (χ3n) is 2.06. The van der Waals surface area contributed by atoms with Crippen molar-refractivity contribution >= 4 is 0 Å². The van der Waals surface area contributed by atoms with Crippen molar-refractivity contribution in [3.05, 3.63) is 0 Å². The lowest BCUT2D eigenvalue weighted by molar-refractivity contribution is 0.510. The first-order valence-electron chi connectivity index (χ1n) is 4.97. The average Bonchev–Trinajstić information content (AvgIpc) is 2.06. The van der Waals surface area contributed by atoms with Gasteiger partial charge in [-0.2, -0.15) is 0 Å². The highest BCUT2D eigenvalue weighted by Crippen LogP contribution is 2.05. The molecule has 0 saturated heterocycles. The molecule has 0 amide bonds. The maximum atomic E-state index is 5.87. The van der Waals surface area contributed by atoms with Crippen LogP contribution in [0.5, 0.6) is 0 Å². The van der Waals surface area contributed by atoms with Gasteiger partial charge in [0.05, 0.1) is 0 Å². The third-order valence-corrected chi connectivity index (χ3v) is 2.06. The molecule has 0 aliphatic heterocycles. The van der Waals surface area contributed by atoms with E-state index >= 15 is 0 Å². The molecule has 0 aliphatic rings. The van der Waals surface area contributed by atoms with Gasteiger partial charge in [0.15, 0.2) is 0 Å². The first-order chi connectivity index (χ1) is 5.81. The molecular formula is C9H23N3. The standard InChI is InChI=1S/C9H23N3/c10-7-3-1-5-9(12)6-2-4-8-11/h9H,1-8,10-12H2. The molecule has 0 aliphatic carbocycles. The summed E-state index contributed by atoms with van der Waals surface area (Å²) in [6, 6.07) is 0.364. The Morgan fingerprint density at radius 3 is 1.50 bits per heavy atom. The molecule has 0 atom stereocenters. The van der Waals surface area contributed by atoms with Crippen molar-refractivity contribution in [1.29, 1.82) is 0 Å². The Balaban J connectivity index is 3.04. The quantitative estimate of drug-likeness (QED) is 0.470. The van der Waals surface area contributed by atoms with Gasteiger partial charge in [0.1, 0.15) is 0 Å². The Kier molecular flexibility index (Phi) is 8.88. The monoisotopic (exact) mass is 173 g/mol. The topological polar surface area (TPSA) is 78.1 Å². The number of nitrogens with two attached hydrogens (primary N) is 3. The molecule has 74 valence electrons. The molecule has 0 rings (SSSR count). The van der Waals surface area contributed by atoms with Crippen molar-refractivity contribution in [3.8, 4) is 0 Å². The van der Waals surface area contributed by atoms with E-state index in [2.05, 4.69) is 0 Å². The average molecular weight is 173 g/mol. The van der Waals surface area contributed by atoms with Gasteiger partial charge in [0, 0.05) is 6.04 Å². The number of hydrogen-bond donors (Lipinski definition) is 3. The fourth-order valence-corrected chi connectivity index (χ4v) is 1.25. The summed E-state index contributed by atoms with van der Waals surface area (Å²) in [7, 11) is 0. The minimum absolute atomic E-state index is 0.364. The van der Waals surface area contributed by atoms with E-state index in [1.165, 1.54) is 12.8 Å². The maximum absolute atomic E-state index is 5.87. The van der Waals surface area contributed by atoms with Crippen molar-refractivity contribution in [2.45, 2.75) is 44.6 Å². The van der Waals surface area contributed by atoms with Crippen LogP contribution in [0.25, 0.3) is 0 Å². The minimum Gasteiger partial charge on any atom is -0.330 e. The maximum Gasteiger partial charge on any atom is 0.00388 e. The van der Waals surface area contributed by atoms with Crippen molar-refractivity contribution in [2.24, 2.45) is 17.2 Å². The summed E-state index contributed by atoms with van der Waals surface area (Å²) in [4.78, 5) is 0. The van der Waals surface area contributed by atoms with Gasteiger partial charge in [0.25, 0.3) is 0 Å². The SMILES string of the molecule is NCCCCC(N)CCCCN. The van der Waals surface area contributed by atoms with Gasteiger partial charge in [-0.15, -0.1) is 0 Å². The summed E-state index contributed by atoms with van der Waals surface area (Å²) in [6.07, 6.45) is 6.76. The van der Waals surface area contributed by atoms with Crippen LogP contribution in [-0.4, -0.2) is 19.1 Å². The summed E-state index contributed by atoms with van der Waals surface area (Å²) < 4.78 is 0. The van der Waals surface area contributed by atoms with Gasteiger partial charge < -0.3 is 17.2 Å². The Hall–Kier alpha value is -0.120. The molecule has 0 spiro atoms.